The summed E-state index contributed by atoms with van der Waals surface area (Å²) in [5, 5.41) is 4.04. The molecule has 1 aliphatic rings. The van der Waals surface area contributed by atoms with Crippen LogP contribution in [0.25, 0.3) is 22.2 Å². The zero-order valence-corrected chi connectivity index (χ0v) is 20.8. The van der Waals surface area contributed by atoms with Crippen molar-refractivity contribution in [3.05, 3.63) is 125 Å². The van der Waals surface area contributed by atoms with Crippen LogP contribution in [0.15, 0.2) is 103 Å². The molecule has 0 fully saturated rings. The van der Waals surface area contributed by atoms with Gasteiger partial charge in [0.25, 0.3) is 5.91 Å². The Morgan fingerprint density at radius 2 is 1.51 bits per heavy atom. The van der Waals surface area contributed by atoms with Gasteiger partial charge >= 0.3 is 0 Å². The summed E-state index contributed by atoms with van der Waals surface area (Å²) in [4.78, 5) is 28.7. The molecule has 4 aromatic carbocycles. The highest BCUT2D eigenvalue weighted by Gasteiger charge is 2.41. The van der Waals surface area contributed by atoms with Crippen LogP contribution in [0.2, 0.25) is 0 Å². The van der Waals surface area contributed by atoms with Gasteiger partial charge in [-0.1, -0.05) is 84.4 Å². The number of para-hydroxylation sites is 1. The first-order valence-corrected chi connectivity index (χ1v) is 12.4. The Hall–Kier alpha value is -4.64. The van der Waals surface area contributed by atoms with E-state index in [0.29, 0.717) is 11.3 Å². The lowest BCUT2D eigenvalue weighted by atomic mass is 9.93. The number of nitrogens with zero attached hydrogens (tertiary/aromatic N) is 2. The van der Waals surface area contributed by atoms with Gasteiger partial charge in [0.05, 0.1) is 11.7 Å². The third kappa shape index (κ3) is 3.89. The number of hydrogen-bond donors (Lipinski definition) is 1. The molecule has 5 nitrogen and oxygen atoms in total. The second-order valence-corrected chi connectivity index (χ2v) is 9.54. The molecular weight excluding hydrogens is 458 g/mol. The van der Waals surface area contributed by atoms with Crippen LogP contribution < -0.4 is 5.32 Å². The molecular formula is C32H27N3O2. The second kappa shape index (κ2) is 9.10. The number of carbonyl (C=O) groups is 2. The van der Waals surface area contributed by atoms with E-state index in [1.807, 2.05) is 85.8 Å². The van der Waals surface area contributed by atoms with Gasteiger partial charge in [-0.2, -0.15) is 0 Å². The van der Waals surface area contributed by atoms with Gasteiger partial charge in [0.15, 0.2) is 0 Å². The van der Waals surface area contributed by atoms with Crippen LogP contribution in [0, 0.1) is 6.92 Å². The first-order chi connectivity index (χ1) is 18.0. The number of amides is 2. The highest BCUT2D eigenvalue weighted by atomic mass is 16.2. The van der Waals surface area contributed by atoms with Crippen molar-refractivity contribution in [1.82, 2.24) is 9.47 Å². The number of benzene rings is 4. The Morgan fingerprint density at radius 3 is 2.30 bits per heavy atom. The molecule has 0 saturated heterocycles. The summed E-state index contributed by atoms with van der Waals surface area (Å²) in [5.74, 6) is -0.358. The predicted molar refractivity (Wildman–Crippen MR) is 147 cm³/mol. The normalized spacial score (nSPS) is 14.7. The van der Waals surface area contributed by atoms with Crippen LogP contribution in [-0.2, 0) is 11.8 Å². The third-order valence-electron chi connectivity index (χ3n) is 7.17. The minimum atomic E-state index is -0.395. The van der Waals surface area contributed by atoms with E-state index in [0.717, 1.165) is 38.9 Å². The fourth-order valence-electron chi connectivity index (χ4n) is 5.48. The van der Waals surface area contributed by atoms with Gasteiger partial charge < -0.3 is 14.8 Å². The summed E-state index contributed by atoms with van der Waals surface area (Å²) in [6.45, 7) is 1.95. The summed E-state index contributed by atoms with van der Waals surface area (Å²) in [5.41, 5.74) is 7.62. The topological polar surface area (TPSA) is 54.3 Å². The minimum absolute atomic E-state index is 0.0521. The molecule has 1 N–H and O–H groups in total. The predicted octanol–water partition coefficient (Wildman–Crippen LogP) is 6.34. The molecule has 0 radical (unpaired) electrons. The number of rotatable bonds is 5. The van der Waals surface area contributed by atoms with E-state index in [4.69, 9.17) is 0 Å². The average Bonchev–Trinajstić information content (AvgIpc) is 3.36. The van der Waals surface area contributed by atoms with E-state index in [1.54, 1.807) is 4.90 Å². The van der Waals surface area contributed by atoms with Crippen LogP contribution in [0.1, 0.15) is 33.1 Å². The molecule has 2 heterocycles. The van der Waals surface area contributed by atoms with Crippen LogP contribution >= 0.6 is 0 Å². The fraction of sp³-hybridized carbons (Fsp3) is 0.125. The number of fused-ring (bicyclic) bond motifs is 2. The fourth-order valence-corrected chi connectivity index (χ4v) is 5.48. The van der Waals surface area contributed by atoms with Gasteiger partial charge in [-0.25, -0.2) is 0 Å². The Labute approximate surface area is 216 Å². The Morgan fingerprint density at radius 1 is 0.838 bits per heavy atom. The van der Waals surface area contributed by atoms with E-state index in [2.05, 4.69) is 41.2 Å². The lowest BCUT2D eigenvalue weighted by Gasteiger charge is -2.26. The molecule has 37 heavy (non-hydrogen) atoms. The molecule has 1 atom stereocenters. The summed E-state index contributed by atoms with van der Waals surface area (Å²) >= 11 is 0. The van der Waals surface area contributed by atoms with Crippen molar-refractivity contribution in [3.8, 4) is 11.3 Å². The zero-order valence-electron chi connectivity index (χ0n) is 20.8. The molecule has 6 rings (SSSR count). The maximum Gasteiger partial charge on any atom is 0.255 e. The maximum atomic E-state index is 13.7. The van der Waals surface area contributed by atoms with Crippen molar-refractivity contribution >= 4 is 28.4 Å². The highest BCUT2D eigenvalue weighted by Crippen LogP contribution is 2.46. The van der Waals surface area contributed by atoms with Gasteiger partial charge in [-0.3, -0.25) is 9.59 Å². The quantitative estimate of drug-likeness (QED) is 0.316. The van der Waals surface area contributed by atoms with Crippen LogP contribution in [-0.4, -0.2) is 27.8 Å². The zero-order chi connectivity index (χ0) is 25.5. The molecule has 5 heteroatoms. The van der Waals surface area contributed by atoms with Crippen molar-refractivity contribution in [1.29, 1.82) is 0 Å². The van der Waals surface area contributed by atoms with Crippen molar-refractivity contribution in [2.45, 2.75) is 13.0 Å². The molecule has 2 amide bonds. The van der Waals surface area contributed by atoms with Crippen LogP contribution in [0.3, 0.4) is 0 Å². The van der Waals surface area contributed by atoms with E-state index < -0.39 is 6.04 Å². The number of aryl methyl sites for hydroxylation is 2. The molecule has 1 unspecified atom stereocenters. The number of nitrogens with one attached hydrogen (secondary N) is 1. The van der Waals surface area contributed by atoms with E-state index in [9.17, 15) is 9.59 Å². The summed E-state index contributed by atoms with van der Waals surface area (Å²) in [7, 11) is 2.06. The smallest absolute Gasteiger partial charge is 0.255 e. The molecule has 0 bridgehead atoms. The first kappa shape index (κ1) is 22.8. The second-order valence-electron chi connectivity index (χ2n) is 9.54. The number of hydrogen-bond acceptors (Lipinski definition) is 2. The van der Waals surface area contributed by atoms with E-state index in [1.165, 1.54) is 0 Å². The SMILES string of the molecule is Cc1ccc(NC(=O)CN2C(=O)c3ccccc3C2c2c(-c3ccccc3)n(C)c3ccccc23)cc1. The number of aromatic nitrogens is 1. The van der Waals surface area contributed by atoms with Crippen LogP contribution in [0.4, 0.5) is 5.69 Å². The average molecular weight is 486 g/mol. The van der Waals surface area contributed by atoms with Crippen LogP contribution in [0.5, 0.6) is 0 Å². The number of anilines is 1. The lowest BCUT2D eigenvalue weighted by Crippen LogP contribution is -2.36. The van der Waals surface area contributed by atoms with Crippen molar-refractivity contribution in [2.24, 2.45) is 7.05 Å². The minimum Gasteiger partial charge on any atom is -0.343 e. The van der Waals surface area contributed by atoms with E-state index >= 15 is 0 Å². The van der Waals surface area contributed by atoms with Gasteiger partial charge in [0.2, 0.25) is 5.91 Å². The molecule has 1 aromatic heterocycles. The first-order valence-electron chi connectivity index (χ1n) is 12.4. The summed E-state index contributed by atoms with van der Waals surface area (Å²) < 4.78 is 2.19. The van der Waals surface area contributed by atoms with Crippen molar-refractivity contribution in [2.75, 3.05) is 11.9 Å². The molecule has 0 aliphatic carbocycles. The largest absolute Gasteiger partial charge is 0.343 e. The van der Waals surface area contributed by atoms with Gasteiger partial charge in [0.1, 0.15) is 6.54 Å². The molecule has 182 valence electrons. The lowest BCUT2D eigenvalue weighted by molar-refractivity contribution is -0.117. The van der Waals surface area contributed by atoms with Crippen molar-refractivity contribution < 1.29 is 9.59 Å². The highest BCUT2D eigenvalue weighted by molar-refractivity contribution is 6.05. The van der Waals surface area contributed by atoms with E-state index in [-0.39, 0.29) is 18.4 Å². The molecule has 0 saturated carbocycles. The number of carbonyl (C=O) groups excluding carboxylic acids is 2. The molecule has 1 aliphatic heterocycles. The Kier molecular flexibility index (Phi) is 5.61. The van der Waals surface area contributed by atoms with Gasteiger partial charge in [0, 0.05) is 34.8 Å². The Balaban J connectivity index is 1.50. The standard InChI is InChI=1S/C32H27N3O2/c1-21-16-18-23(19-17-21)33-28(36)20-35-31(24-12-6-7-13-25(24)32(35)37)29-26-14-8-9-15-27(26)34(2)30(29)22-10-4-3-5-11-22/h3-19,31H,20H2,1-2H3,(H,33,36). The maximum absolute atomic E-state index is 13.7. The van der Waals surface area contributed by atoms with Gasteiger partial charge in [-0.05, 0) is 42.3 Å². The Bertz CT molecular complexity index is 1630. The summed E-state index contributed by atoms with van der Waals surface area (Å²) in [6, 6.07) is 33.5. The molecule has 0 spiro atoms. The van der Waals surface area contributed by atoms with Crippen molar-refractivity contribution in [3.63, 3.8) is 0 Å². The molecule has 5 aromatic rings. The monoisotopic (exact) mass is 485 g/mol. The third-order valence-corrected chi connectivity index (χ3v) is 7.17. The van der Waals surface area contributed by atoms with Gasteiger partial charge in [-0.15, -0.1) is 0 Å². The summed E-state index contributed by atoms with van der Waals surface area (Å²) in [6.07, 6.45) is 0.